The van der Waals surface area contributed by atoms with Gasteiger partial charge in [-0.25, -0.2) is 9.37 Å². The number of anilines is 1. The third-order valence-electron chi connectivity index (χ3n) is 3.48. The van der Waals surface area contributed by atoms with Crippen molar-refractivity contribution in [1.29, 1.82) is 0 Å². The first-order valence-corrected chi connectivity index (χ1v) is 6.24. The molecule has 0 saturated heterocycles. The summed E-state index contributed by atoms with van der Waals surface area (Å²) in [5, 5.41) is 3.06. The Morgan fingerprint density at radius 1 is 1.47 bits per heavy atom. The molecule has 1 heterocycles. The van der Waals surface area contributed by atoms with E-state index >= 15 is 0 Å². The Kier molecular flexibility index (Phi) is 3.94. The van der Waals surface area contributed by atoms with Crippen molar-refractivity contribution in [3.63, 3.8) is 0 Å². The first-order chi connectivity index (χ1) is 8.22. The van der Waals surface area contributed by atoms with Gasteiger partial charge in [-0.05, 0) is 26.0 Å². The maximum Gasteiger partial charge on any atom is 0.141 e. The lowest BCUT2D eigenvalue weighted by Crippen LogP contribution is -2.31. The first-order valence-electron chi connectivity index (χ1n) is 6.24. The number of hydrogen-bond donors (Lipinski definition) is 1. The topological polar surface area (TPSA) is 28.2 Å². The van der Waals surface area contributed by atoms with Crippen LogP contribution in [-0.2, 0) is 6.54 Å². The molecule has 3 nitrogen and oxygen atoms in total. The van der Waals surface area contributed by atoms with Crippen LogP contribution in [0.15, 0.2) is 12.3 Å². The molecule has 0 unspecified atom stereocenters. The van der Waals surface area contributed by atoms with Gasteiger partial charge in [0.15, 0.2) is 0 Å². The van der Waals surface area contributed by atoms with Gasteiger partial charge in [-0.2, -0.15) is 0 Å². The molecule has 1 aliphatic carbocycles. The minimum absolute atomic E-state index is 0.265. The smallest absolute Gasteiger partial charge is 0.141 e. The van der Waals surface area contributed by atoms with E-state index in [9.17, 15) is 4.39 Å². The number of nitrogens with zero attached hydrogens (tertiary/aromatic N) is 2. The summed E-state index contributed by atoms with van der Waals surface area (Å²) in [6.07, 6.45) is 6.32. The molecule has 1 aliphatic rings. The fourth-order valence-corrected chi connectivity index (χ4v) is 2.58. The van der Waals surface area contributed by atoms with Gasteiger partial charge in [0.05, 0.1) is 6.20 Å². The normalized spacial score (nSPS) is 16.4. The Labute approximate surface area is 102 Å². The average molecular weight is 237 g/mol. The molecule has 0 bridgehead atoms. The van der Waals surface area contributed by atoms with Crippen LogP contribution in [0.3, 0.4) is 0 Å². The SMILES string of the molecule is CNCc1cc(F)cnc1N(C)C1CCCC1. The van der Waals surface area contributed by atoms with E-state index < -0.39 is 0 Å². The molecule has 17 heavy (non-hydrogen) atoms. The van der Waals surface area contributed by atoms with Crippen molar-refractivity contribution < 1.29 is 4.39 Å². The Hall–Kier alpha value is -1.16. The quantitative estimate of drug-likeness (QED) is 0.871. The summed E-state index contributed by atoms with van der Waals surface area (Å²) >= 11 is 0. The van der Waals surface area contributed by atoms with E-state index in [0.717, 1.165) is 11.4 Å². The lowest BCUT2D eigenvalue weighted by molar-refractivity contribution is 0.606. The lowest BCUT2D eigenvalue weighted by Gasteiger charge is -2.27. The molecule has 1 fully saturated rings. The first kappa shape index (κ1) is 12.3. The molecule has 0 spiro atoms. The second-order valence-corrected chi connectivity index (χ2v) is 4.72. The summed E-state index contributed by atoms with van der Waals surface area (Å²) in [4.78, 5) is 6.46. The maximum atomic E-state index is 13.2. The standard InChI is InChI=1S/C13H20FN3/c1-15-8-10-7-11(14)9-16-13(10)17(2)12-5-3-4-6-12/h7,9,12,15H,3-6,8H2,1-2H3. The number of rotatable bonds is 4. The predicted molar refractivity (Wildman–Crippen MR) is 67.6 cm³/mol. The molecule has 4 heteroatoms. The highest BCUT2D eigenvalue weighted by Gasteiger charge is 2.22. The van der Waals surface area contributed by atoms with Crippen LogP contribution in [0.25, 0.3) is 0 Å². The number of hydrogen-bond acceptors (Lipinski definition) is 3. The summed E-state index contributed by atoms with van der Waals surface area (Å²) in [7, 11) is 3.93. The number of aromatic nitrogens is 1. The zero-order valence-electron chi connectivity index (χ0n) is 10.5. The number of pyridine rings is 1. The average Bonchev–Trinajstić information content (AvgIpc) is 2.82. The van der Waals surface area contributed by atoms with Gasteiger partial charge in [0.25, 0.3) is 0 Å². The summed E-state index contributed by atoms with van der Waals surface area (Å²) in [5.74, 6) is 0.645. The van der Waals surface area contributed by atoms with Crippen molar-refractivity contribution in [2.45, 2.75) is 38.3 Å². The van der Waals surface area contributed by atoms with E-state index in [0.29, 0.717) is 12.6 Å². The van der Waals surface area contributed by atoms with Crippen molar-refractivity contribution in [3.8, 4) is 0 Å². The molecule has 0 radical (unpaired) electrons. The monoisotopic (exact) mass is 237 g/mol. The van der Waals surface area contributed by atoms with E-state index in [1.165, 1.54) is 31.9 Å². The van der Waals surface area contributed by atoms with Crippen molar-refractivity contribution in [2.24, 2.45) is 0 Å². The van der Waals surface area contributed by atoms with Crippen LogP contribution < -0.4 is 10.2 Å². The minimum atomic E-state index is -0.265. The van der Waals surface area contributed by atoms with E-state index in [4.69, 9.17) is 0 Å². The Morgan fingerprint density at radius 3 is 2.82 bits per heavy atom. The Balaban J connectivity index is 2.23. The second-order valence-electron chi connectivity index (χ2n) is 4.72. The van der Waals surface area contributed by atoms with Gasteiger partial charge in [0.2, 0.25) is 0 Å². The van der Waals surface area contributed by atoms with Crippen molar-refractivity contribution in [1.82, 2.24) is 10.3 Å². The molecule has 0 aliphatic heterocycles. The molecule has 0 aromatic carbocycles. The van der Waals surface area contributed by atoms with Crippen molar-refractivity contribution >= 4 is 5.82 Å². The molecule has 1 aromatic rings. The number of halogens is 1. The van der Waals surface area contributed by atoms with E-state index in [1.54, 1.807) is 6.07 Å². The van der Waals surface area contributed by atoms with E-state index in [1.807, 2.05) is 7.05 Å². The van der Waals surface area contributed by atoms with Crippen LogP contribution in [0.5, 0.6) is 0 Å². The van der Waals surface area contributed by atoms with Crippen LogP contribution in [0.1, 0.15) is 31.2 Å². The van der Waals surface area contributed by atoms with Gasteiger partial charge in [-0.3, -0.25) is 0 Å². The van der Waals surface area contributed by atoms with Crippen molar-refractivity contribution in [3.05, 3.63) is 23.6 Å². The summed E-state index contributed by atoms with van der Waals surface area (Å²) in [6, 6.07) is 2.13. The zero-order valence-corrected chi connectivity index (χ0v) is 10.5. The number of nitrogens with one attached hydrogen (secondary N) is 1. The molecule has 2 rings (SSSR count). The molecule has 1 saturated carbocycles. The van der Waals surface area contributed by atoms with E-state index in [2.05, 4.69) is 22.2 Å². The fourth-order valence-electron chi connectivity index (χ4n) is 2.58. The molecular weight excluding hydrogens is 217 g/mol. The fraction of sp³-hybridized carbons (Fsp3) is 0.615. The highest BCUT2D eigenvalue weighted by Crippen LogP contribution is 2.27. The van der Waals surface area contributed by atoms with Crippen LogP contribution in [-0.4, -0.2) is 25.1 Å². The third-order valence-corrected chi connectivity index (χ3v) is 3.48. The molecule has 1 aromatic heterocycles. The van der Waals surface area contributed by atoms with Gasteiger partial charge in [-0.1, -0.05) is 12.8 Å². The summed E-state index contributed by atoms with van der Waals surface area (Å²) in [5.41, 5.74) is 0.932. The lowest BCUT2D eigenvalue weighted by atomic mass is 10.2. The maximum absolute atomic E-state index is 13.2. The zero-order chi connectivity index (χ0) is 12.3. The van der Waals surface area contributed by atoms with Gasteiger partial charge < -0.3 is 10.2 Å². The molecule has 0 atom stereocenters. The predicted octanol–water partition coefficient (Wildman–Crippen LogP) is 2.32. The van der Waals surface area contributed by atoms with Crippen LogP contribution in [0.4, 0.5) is 10.2 Å². The van der Waals surface area contributed by atoms with Crippen LogP contribution >= 0.6 is 0 Å². The summed E-state index contributed by atoms with van der Waals surface area (Å²) in [6.45, 7) is 0.650. The minimum Gasteiger partial charge on any atom is -0.356 e. The Morgan fingerprint density at radius 2 is 2.18 bits per heavy atom. The molecular formula is C13H20FN3. The third kappa shape index (κ3) is 2.75. The highest BCUT2D eigenvalue weighted by molar-refractivity contribution is 5.47. The summed E-state index contributed by atoms with van der Waals surface area (Å²) < 4.78 is 13.2. The van der Waals surface area contributed by atoms with Gasteiger partial charge >= 0.3 is 0 Å². The molecule has 0 amide bonds. The van der Waals surface area contributed by atoms with E-state index in [-0.39, 0.29) is 5.82 Å². The van der Waals surface area contributed by atoms with Crippen LogP contribution in [0, 0.1) is 5.82 Å². The second kappa shape index (κ2) is 5.45. The van der Waals surface area contributed by atoms with Gasteiger partial charge in [-0.15, -0.1) is 0 Å². The van der Waals surface area contributed by atoms with Gasteiger partial charge in [0.1, 0.15) is 11.6 Å². The van der Waals surface area contributed by atoms with Crippen LogP contribution in [0.2, 0.25) is 0 Å². The van der Waals surface area contributed by atoms with Crippen molar-refractivity contribution in [2.75, 3.05) is 19.0 Å². The Bertz CT molecular complexity index is 375. The van der Waals surface area contributed by atoms with Gasteiger partial charge in [0, 0.05) is 25.2 Å². The largest absolute Gasteiger partial charge is 0.356 e. The molecule has 1 N–H and O–H groups in total. The molecule has 94 valence electrons. The highest BCUT2D eigenvalue weighted by atomic mass is 19.1.